The maximum absolute atomic E-state index is 13.7. The lowest BCUT2D eigenvalue weighted by atomic mass is 10.1. The lowest BCUT2D eigenvalue weighted by molar-refractivity contribution is 0.614. The van der Waals surface area contributed by atoms with Gasteiger partial charge in [-0.3, -0.25) is 4.98 Å². The molecule has 1 aromatic carbocycles. The maximum atomic E-state index is 13.7. The minimum absolute atomic E-state index is 0.277. The van der Waals surface area contributed by atoms with Gasteiger partial charge in [0.1, 0.15) is 11.6 Å². The number of halogens is 2. The van der Waals surface area contributed by atoms with Gasteiger partial charge in [-0.25, -0.2) is 23.7 Å². The van der Waals surface area contributed by atoms with Gasteiger partial charge in [0, 0.05) is 11.8 Å². The topological polar surface area (TPSA) is 79.4 Å². The second kappa shape index (κ2) is 7.28. The summed E-state index contributed by atoms with van der Waals surface area (Å²) in [5, 5.41) is 2.97. The third-order valence-corrected chi connectivity index (χ3v) is 3.81. The van der Waals surface area contributed by atoms with Gasteiger partial charge in [-0.05, 0) is 24.3 Å². The molecule has 0 atom stereocenters. The first kappa shape index (κ1) is 16.8. The molecule has 134 valence electrons. The Morgan fingerprint density at radius 1 is 0.926 bits per heavy atom. The average molecular weight is 364 g/mol. The van der Waals surface area contributed by atoms with Gasteiger partial charge in [-0.1, -0.05) is 18.2 Å². The summed E-state index contributed by atoms with van der Waals surface area (Å²) < 4.78 is 26.6. The Balaban J connectivity index is 1.68. The molecule has 3 aromatic heterocycles. The Bertz CT molecular complexity index is 1050. The van der Waals surface area contributed by atoms with Gasteiger partial charge in [-0.15, -0.1) is 0 Å². The molecule has 0 bridgehead atoms. The number of imidazole rings is 1. The van der Waals surface area contributed by atoms with Crippen LogP contribution in [-0.4, -0.2) is 24.9 Å². The summed E-state index contributed by atoms with van der Waals surface area (Å²) in [5.74, 6) is 0.00793. The van der Waals surface area contributed by atoms with E-state index in [9.17, 15) is 8.78 Å². The van der Waals surface area contributed by atoms with Crippen molar-refractivity contribution in [1.29, 1.82) is 0 Å². The van der Waals surface area contributed by atoms with E-state index in [0.29, 0.717) is 28.5 Å². The van der Waals surface area contributed by atoms with E-state index in [0.717, 1.165) is 12.4 Å². The van der Waals surface area contributed by atoms with Crippen molar-refractivity contribution in [3.63, 3.8) is 0 Å². The highest BCUT2D eigenvalue weighted by atomic mass is 19.1. The number of anilines is 1. The number of aromatic amines is 1. The third-order valence-electron chi connectivity index (χ3n) is 3.81. The van der Waals surface area contributed by atoms with Crippen molar-refractivity contribution in [3.8, 4) is 22.6 Å². The first-order valence-electron chi connectivity index (χ1n) is 8.17. The van der Waals surface area contributed by atoms with Crippen molar-refractivity contribution in [2.24, 2.45) is 0 Å². The molecule has 4 rings (SSSR count). The van der Waals surface area contributed by atoms with Gasteiger partial charge in [0.15, 0.2) is 5.82 Å². The van der Waals surface area contributed by atoms with E-state index < -0.39 is 5.82 Å². The summed E-state index contributed by atoms with van der Waals surface area (Å²) in [6.07, 6.45) is 3.83. The van der Waals surface area contributed by atoms with Crippen molar-refractivity contribution in [3.05, 3.63) is 78.5 Å². The van der Waals surface area contributed by atoms with Crippen LogP contribution >= 0.6 is 0 Å². The van der Waals surface area contributed by atoms with Crippen molar-refractivity contribution in [2.75, 3.05) is 5.32 Å². The molecular formula is C19H14F2N6. The Labute approximate surface area is 153 Å². The summed E-state index contributed by atoms with van der Waals surface area (Å²) in [7, 11) is 0. The van der Waals surface area contributed by atoms with E-state index in [1.165, 1.54) is 12.1 Å². The van der Waals surface area contributed by atoms with Crippen LogP contribution < -0.4 is 5.32 Å². The van der Waals surface area contributed by atoms with E-state index in [1.807, 2.05) is 18.2 Å². The first-order chi connectivity index (χ1) is 13.2. The molecule has 8 heteroatoms. The van der Waals surface area contributed by atoms with E-state index in [-0.39, 0.29) is 18.3 Å². The van der Waals surface area contributed by atoms with Crippen LogP contribution in [0.2, 0.25) is 0 Å². The Morgan fingerprint density at radius 3 is 2.52 bits per heavy atom. The second-order valence-corrected chi connectivity index (χ2v) is 5.71. The highest BCUT2D eigenvalue weighted by molar-refractivity contribution is 5.76. The number of pyridine rings is 1. The molecule has 0 aliphatic carbocycles. The largest absolute Gasteiger partial charge is 0.347 e. The molecule has 0 unspecified atom stereocenters. The lowest BCUT2D eigenvalue weighted by Crippen LogP contribution is -2.05. The zero-order chi connectivity index (χ0) is 18.6. The maximum Gasteiger partial charge on any atom is 0.223 e. The second-order valence-electron chi connectivity index (χ2n) is 5.71. The standard InChI is InChI=1S/C19H14F2N6/c20-13-5-3-4-12(8-13)17-18(15-6-1-2-7-22-15)27-16(26-17)11-25-19-23-9-14(21)10-24-19/h1-10H,11H2,(H,26,27)(H,23,24,25). The molecule has 6 nitrogen and oxygen atoms in total. The number of rotatable bonds is 5. The molecule has 27 heavy (non-hydrogen) atoms. The van der Waals surface area contributed by atoms with E-state index >= 15 is 0 Å². The molecule has 0 fully saturated rings. The molecule has 0 saturated heterocycles. The van der Waals surface area contributed by atoms with Gasteiger partial charge in [-0.2, -0.15) is 0 Å². The molecule has 0 aliphatic rings. The predicted octanol–water partition coefficient (Wildman–Crippen LogP) is 3.82. The fourth-order valence-electron chi connectivity index (χ4n) is 2.61. The van der Waals surface area contributed by atoms with Crippen molar-refractivity contribution < 1.29 is 8.78 Å². The van der Waals surface area contributed by atoms with Crippen LogP contribution in [0.5, 0.6) is 0 Å². The Kier molecular flexibility index (Phi) is 4.52. The molecule has 3 heterocycles. The number of hydrogen-bond acceptors (Lipinski definition) is 5. The Morgan fingerprint density at radius 2 is 1.78 bits per heavy atom. The summed E-state index contributed by atoms with van der Waals surface area (Å²) >= 11 is 0. The van der Waals surface area contributed by atoms with E-state index in [1.54, 1.807) is 18.3 Å². The Hall–Kier alpha value is -3.68. The van der Waals surface area contributed by atoms with Crippen molar-refractivity contribution in [1.82, 2.24) is 24.9 Å². The van der Waals surface area contributed by atoms with Crippen LogP contribution in [0.25, 0.3) is 22.6 Å². The molecule has 2 N–H and O–H groups in total. The highest BCUT2D eigenvalue weighted by Crippen LogP contribution is 2.29. The first-order valence-corrected chi connectivity index (χ1v) is 8.17. The van der Waals surface area contributed by atoms with Gasteiger partial charge >= 0.3 is 0 Å². The van der Waals surface area contributed by atoms with Gasteiger partial charge in [0.25, 0.3) is 0 Å². The van der Waals surface area contributed by atoms with Crippen LogP contribution in [0, 0.1) is 11.6 Å². The van der Waals surface area contributed by atoms with Crippen molar-refractivity contribution in [2.45, 2.75) is 6.54 Å². The molecule has 0 spiro atoms. The van der Waals surface area contributed by atoms with Crippen LogP contribution in [0.1, 0.15) is 5.82 Å². The zero-order valence-electron chi connectivity index (χ0n) is 14.0. The fraction of sp³-hybridized carbons (Fsp3) is 0.0526. The third kappa shape index (κ3) is 3.79. The SMILES string of the molecule is Fc1cnc(NCc2nc(-c3cccc(F)c3)c(-c3ccccn3)[nH]2)nc1. The number of nitrogens with one attached hydrogen (secondary N) is 2. The van der Waals surface area contributed by atoms with Gasteiger partial charge in [0.2, 0.25) is 5.95 Å². The molecular weight excluding hydrogens is 350 g/mol. The normalized spacial score (nSPS) is 10.7. The minimum atomic E-state index is -0.510. The van der Waals surface area contributed by atoms with Crippen LogP contribution in [0.3, 0.4) is 0 Å². The molecule has 0 aliphatic heterocycles. The number of aromatic nitrogens is 5. The summed E-state index contributed by atoms with van der Waals surface area (Å²) in [4.78, 5) is 19.8. The predicted molar refractivity (Wildman–Crippen MR) is 96.5 cm³/mol. The van der Waals surface area contributed by atoms with Crippen LogP contribution in [0.4, 0.5) is 14.7 Å². The number of nitrogens with zero attached hydrogens (tertiary/aromatic N) is 4. The van der Waals surface area contributed by atoms with E-state index in [4.69, 9.17) is 0 Å². The zero-order valence-corrected chi connectivity index (χ0v) is 14.0. The summed E-state index contributed by atoms with van der Waals surface area (Å²) in [6, 6.07) is 11.7. The monoisotopic (exact) mass is 364 g/mol. The fourth-order valence-corrected chi connectivity index (χ4v) is 2.61. The van der Waals surface area contributed by atoms with Gasteiger partial charge < -0.3 is 10.3 Å². The van der Waals surface area contributed by atoms with Gasteiger partial charge in [0.05, 0.1) is 36.0 Å². The van der Waals surface area contributed by atoms with Crippen LogP contribution in [0.15, 0.2) is 61.1 Å². The number of hydrogen-bond donors (Lipinski definition) is 2. The number of benzene rings is 1. The lowest BCUT2D eigenvalue weighted by Gasteiger charge is -2.02. The smallest absolute Gasteiger partial charge is 0.223 e. The van der Waals surface area contributed by atoms with Crippen LogP contribution in [-0.2, 0) is 6.54 Å². The minimum Gasteiger partial charge on any atom is -0.347 e. The van der Waals surface area contributed by atoms with E-state index in [2.05, 4.69) is 30.2 Å². The summed E-state index contributed by atoms with van der Waals surface area (Å²) in [5.41, 5.74) is 2.59. The quantitative estimate of drug-likeness (QED) is 0.563. The highest BCUT2D eigenvalue weighted by Gasteiger charge is 2.15. The number of H-pyrrole nitrogens is 1. The molecule has 0 radical (unpaired) electrons. The summed E-state index contributed by atoms with van der Waals surface area (Å²) in [6.45, 7) is 0.279. The molecule has 0 amide bonds. The van der Waals surface area contributed by atoms with Crippen molar-refractivity contribution >= 4 is 5.95 Å². The molecule has 0 saturated carbocycles. The average Bonchev–Trinajstić information content (AvgIpc) is 3.13. The molecule has 4 aromatic rings.